The summed E-state index contributed by atoms with van der Waals surface area (Å²) in [6.07, 6.45) is 2.79. The maximum Gasteiger partial charge on any atom is 0.0174 e. The minimum Gasteiger partial charge on any atom is -0.0888 e. The number of hydrogen-bond donors (Lipinski definition) is 0. The molecule has 0 N–H and O–H groups in total. The fraction of sp³-hybridized carbons (Fsp3) is 1.00. The third kappa shape index (κ3) is 1.25. The summed E-state index contributed by atoms with van der Waals surface area (Å²) in [6.45, 7) is 4.65. The maximum absolute atomic E-state index is 3.64. The molecular formula is C7H13Br. The Balaban J connectivity index is 2.39. The zero-order valence-corrected chi connectivity index (χ0v) is 7.11. The van der Waals surface area contributed by atoms with Gasteiger partial charge in [0.1, 0.15) is 0 Å². The third-order valence-corrected chi connectivity index (χ3v) is 3.30. The van der Waals surface area contributed by atoms with Crippen LogP contribution < -0.4 is 0 Å². The molecule has 0 nitrogen and oxygen atoms in total. The minimum atomic E-state index is 0.803. The lowest BCUT2D eigenvalue weighted by molar-refractivity contribution is 0.558. The highest BCUT2D eigenvalue weighted by Gasteiger charge is 2.25. The molecule has 0 aliphatic heterocycles. The first kappa shape index (κ1) is 6.60. The summed E-state index contributed by atoms with van der Waals surface area (Å²) in [5.41, 5.74) is 0. The van der Waals surface area contributed by atoms with E-state index >= 15 is 0 Å². The number of hydrogen-bond acceptors (Lipinski definition) is 0. The molecule has 0 aromatic rings. The fourth-order valence-corrected chi connectivity index (χ4v) is 2.35. The van der Waals surface area contributed by atoms with E-state index in [0.29, 0.717) is 0 Å². The molecule has 1 rings (SSSR count). The van der Waals surface area contributed by atoms with E-state index in [2.05, 4.69) is 29.8 Å². The fourth-order valence-electron chi connectivity index (χ4n) is 1.50. The second kappa shape index (κ2) is 2.38. The van der Waals surface area contributed by atoms with Crippen molar-refractivity contribution in [2.24, 2.45) is 11.8 Å². The number of alkyl halides is 1. The van der Waals surface area contributed by atoms with Gasteiger partial charge in [-0.3, -0.25) is 0 Å². The molecule has 0 heterocycles. The summed E-state index contributed by atoms with van der Waals surface area (Å²) in [5, 5.41) is 0. The van der Waals surface area contributed by atoms with Crippen LogP contribution in [0.1, 0.15) is 26.7 Å². The SMILES string of the molecule is CC1CC(C)C(Br)C1. The minimum absolute atomic E-state index is 0.803. The Labute approximate surface area is 59.8 Å². The Kier molecular flexibility index (Phi) is 1.97. The van der Waals surface area contributed by atoms with Crippen LogP contribution >= 0.6 is 15.9 Å². The van der Waals surface area contributed by atoms with Crippen LogP contribution in [0.5, 0.6) is 0 Å². The molecule has 48 valence electrons. The normalized spacial score (nSPS) is 47.6. The summed E-state index contributed by atoms with van der Waals surface area (Å²) in [6, 6.07) is 0. The molecule has 0 radical (unpaired) electrons. The van der Waals surface area contributed by atoms with Crippen LogP contribution in [-0.4, -0.2) is 4.83 Å². The molecule has 3 atom stereocenters. The largest absolute Gasteiger partial charge is 0.0888 e. The Bertz CT molecular complexity index is 70.5. The molecule has 0 amide bonds. The summed E-state index contributed by atoms with van der Waals surface area (Å²) in [5.74, 6) is 1.86. The summed E-state index contributed by atoms with van der Waals surface area (Å²) < 4.78 is 0. The van der Waals surface area contributed by atoms with Crippen LogP contribution in [0.4, 0.5) is 0 Å². The lowest BCUT2D eigenvalue weighted by Crippen LogP contribution is -1.98. The van der Waals surface area contributed by atoms with Gasteiger partial charge in [-0.15, -0.1) is 0 Å². The van der Waals surface area contributed by atoms with Gasteiger partial charge in [0.15, 0.2) is 0 Å². The molecule has 0 spiro atoms. The molecule has 1 fully saturated rings. The topological polar surface area (TPSA) is 0 Å². The molecule has 3 unspecified atom stereocenters. The monoisotopic (exact) mass is 176 g/mol. The second-order valence-corrected chi connectivity index (χ2v) is 4.25. The van der Waals surface area contributed by atoms with Crippen LogP contribution in [0.3, 0.4) is 0 Å². The van der Waals surface area contributed by atoms with E-state index in [9.17, 15) is 0 Å². The van der Waals surface area contributed by atoms with Crippen molar-refractivity contribution in [2.75, 3.05) is 0 Å². The second-order valence-electron chi connectivity index (χ2n) is 3.07. The molecule has 0 aromatic carbocycles. The van der Waals surface area contributed by atoms with Crippen molar-refractivity contribution >= 4 is 15.9 Å². The molecular weight excluding hydrogens is 164 g/mol. The van der Waals surface area contributed by atoms with Crippen LogP contribution in [0.25, 0.3) is 0 Å². The highest BCUT2D eigenvalue weighted by Crippen LogP contribution is 2.34. The molecule has 1 aliphatic rings. The van der Waals surface area contributed by atoms with Gasteiger partial charge in [-0.1, -0.05) is 29.8 Å². The van der Waals surface area contributed by atoms with E-state index in [1.165, 1.54) is 12.8 Å². The van der Waals surface area contributed by atoms with Crippen molar-refractivity contribution in [1.29, 1.82) is 0 Å². The zero-order valence-electron chi connectivity index (χ0n) is 5.52. The first-order chi connectivity index (χ1) is 3.70. The first-order valence-corrected chi connectivity index (χ1v) is 4.25. The molecule has 1 heteroatoms. The summed E-state index contributed by atoms with van der Waals surface area (Å²) in [4.78, 5) is 0.803. The van der Waals surface area contributed by atoms with Gasteiger partial charge >= 0.3 is 0 Å². The molecule has 1 aliphatic carbocycles. The summed E-state index contributed by atoms with van der Waals surface area (Å²) in [7, 11) is 0. The standard InChI is InChI=1S/C7H13Br/c1-5-3-6(2)7(8)4-5/h5-7H,3-4H2,1-2H3. The molecule has 0 aromatic heterocycles. The van der Waals surface area contributed by atoms with Crippen molar-refractivity contribution in [3.05, 3.63) is 0 Å². The third-order valence-electron chi connectivity index (χ3n) is 2.02. The Hall–Kier alpha value is 0.480. The highest BCUT2D eigenvalue weighted by atomic mass is 79.9. The van der Waals surface area contributed by atoms with Gasteiger partial charge < -0.3 is 0 Å². The van der Waals surface area contributed by atoms with E-state index in [1.54, 1.807) is 0 Å². The van der Waals surface area contributed by atoms with Crippen molar-refractivity contribution in [3.63, 3.8) is 0 Å². The average Bonchev–Trinajstić information content (AvgIpc) is 1.85. The van der Waals surface area contributed by atoms with Crippen LogP contribution in [0.15, 0.2) is 0 Å². The van der Waals surface area contributed by atoms with E-state index in [1.807, 2.05) is 0 Å². The molecule has 0 saturated heterocycles. The van der Waals surface area contributed by atoms with Crippen molar-refractivity contribution in [2.45, 2.75) is 31.5 Å². The molecule has 8 heavy (non-hydrogen) atoms. The number of halogens is 1. The quantitative estimate of drug-likeness (QED) is 0.499. The van der Waals surface area contributed by atoms with Crippen LogP contribution in [0, 0.1) is 11.8 Å². The van der Waals surface area contributed by atoms with E-state index in [0.717, 1.165) is 16.7 Å². The van der Waals surface area contributed by atoms with Crippen LogP contribution in [-0.2, 0) is 0 Å². The molecule has 0 bridgehead atoms. The van der Waals surface area contributed by atoms with Gasteiger partial charge in [0.05, 0.1) is 0 Å². The first-order valence-electron chi connectivity index (χ1n) is 3.34. The lowest BCUT2D eigenvalue weighted by Gasteiger charge is -2.02. The average molecular weight is 177 g/mol. The molecule has 1 saturated carbocycles. The number of rotatable bonds is 0. The Morgan fingerprint density at radius 3 is 2.00 bits per heavy atom. The van der Waals surface area contributed by atoms with Crippen molar-refractivity contribution in [1.82, 2.24) is 0 Å². The van der Waals surface area contributed by atoms with Gasteiger partial charge in [0.25, 0.3) is 0 Å². The smallest absolute Gasteiger partial charge is 0.0174 e. The predicted molar refractivity (Wildman–Crippen MR) is 40.3 cm³/mol. The summed E-state index contributed by atoms with van der Waals surface area (Å²) >= 11 is 3.64. The Morgan fingerprint density at radius 2 is 1.88 bits per heavy atom. The van der Waals surface area contributed by atoms with Gasteiger partial charge in [0.2, 0.25) is 0 Å². The highest BCUT2D eigenvalue weighted by molar-refractivity contribution is 9.09. The van der Waals surface area contributed by atoms with Gasteiger partial charge in [-0.2, -0.15) is 0 Å². The van der Waals surface area contributed by atoms with Gasteiger partial charge in [-0.05, 0) is 24.7 Å². The van der Waals surface area contributed by atoms with Crippen LogP contribution in [0.2, 0.25) is 0 Å². The van der Waals surface area contributed by atoms with Gasteiger partial charge in [-0.25, -0.2) is 0 Å². The predicted octanol–water partition coefficient (Wildman–Crippen LogP) is 2.82. The van der Waals surface area contributed by atoms with Gasteiger partial charge in [0, 0.05) is 4.83 Å². The van der Waals surface area contributed by atoms with E-state index < -0.39 is 0 Å². The maximum atomic E-state index is 3.64. The Morgan fingerprint density at radius 1 is 1.25 bits per heavy atom. The van der Waals surface area contributed by atoms with Crippen molar-refractivity contribution < 1.29 is 0 Å². The van der Waals surface area contributed by atoms with E-state index in [-0.39, 0.29) is 0 Å². The zero-order chi connectivity index (χ0) is 6.15. The van der Waals surface area contributed by atoms with E-state index in [4.69, 9.17) is 0 Å². The lowest BCUT2D eigenvalue weighted by atomic mass is 10.1. The van der Waals surface area contributed by atoms with Crippen molar-refractivity contribution in [3.8, 4) is 0 Å².